The number of thioether (sulfide) groups is 1. The molecule has 28 heavy (non-hydrogen) atoms. The first-order valence-corrected chi connectivity index (χ1v) is 10.4. The number of hydrogen-bond acceptors (Lipinski definition) is 7. The Balaban J connectivity index is 1.41. The Kier molecular flexibility index (Phi) is 5.43. The van der Waals surface area contributed by atoms with Crippen molar-refractivity contribution in [3.05, 3.63) is 70.2 Å². The summed E-state index contributed by atoms with van der Waals surface area (Å²) in [6, 6.07) is 14.3. The van der Waals surface area contributed by atoms with Gasteiger partial charge in [-0.15, -0.1) is 21.5 Å². The summed E-state index contributed by atoms with van der Waals surface area (Å²) < 4.78 is 5.69. The lowest BCUT2D eigenvalue weighted by atomic mass is 10.1. The van der Waals surface area contributed by atoms with E-state index >= 15 is 0 Å². The number of nitrogens with two attached hydrogens (primary N) is 1. The molecule has 4 aromatic rings. The second-order valence-corrected chi connectivity index (χ2v) is 7.98. The molecule has 0 aliphatic heterocycles. The van der Waals surface area contributed by atoms with Gasteiger partial charge in [-0.2, -0.15) is 0 Å². The molecule has 1 amide bonds. The van der Waals surface area contributed by atoms with Crippen LogP contribution in [-0.4, -0.2) is 21.1 Å². The lowest BCUT2D eigenvalue weighted by Crippen LogP contribution is -2.10. The van der Waals surface area contributed by atoms with Gasteiger partial charge in [0.15, 0.2) is 0 Å². The zero-order chi connectivity index (χ0) is 19.5. The van der Waals surface area contributed by atoms with Gasteiger partial charge in [0.25, 0.3) is 5.22 Å². The number of carbonyl (C=O) groups excluding carboxylic acids is 1. The minimum atomic E-state index is -0.444. The molecule has 0 saturated carbocycles. The maximum absolute atomic E-state index is 11.2. The second-order valence-electron chi connectivity index (χ2n) is 5.75. The highest BCUT2D eigenvalue weighted by Gasteiger charge is 2.11. The maximum atomic E-state index is 11.2. The van der Waals surface area contributed by atoms with E-state index < -0.39 is 5.91 Å². The quantitative estimate of drug-likeness (QED) is 0.438. The third kappa shape index (κ3) is 4.24. The SMILES string of the molecule is NC(=O)c1ccc(-c2nc(CSc3nnc(-c4ccc(Cl)cc4)o3)cs2)cc1. The summed E-state index contributed by atoms with van der Waals surface area (Å²) >= 11 is 8.85. The number of nitrogens with zero attached hydrogens (tertiary/aromatic N) is 3. The van der Waals surface area contributed by atoms with Gasteiger partial charge in [-0.05, 0) is 36.4 Å². The summed E-state index contributed by atoms with van der Waals surface area (Å²) in [5, 5.41) is 12.1. The van der Waals surface area contributed by atoms with Crippen molar-refractivity contribution in [1.82, 2.24) is 15.2 Å². The van der Waals surface area contributed by atoms with Crippen LogP contribution in [0.25, 0.3) is 22.0 Å². The number of rotatable bonds is 6. The van der Waals surface area contributed by atoms with E-state index in [4.69, 9.17) is 21.8 Å². The number of aromatic nitrogens is 3. The fourth-order valence-electron chi connectivity index (χ4n) is 2.40. The minimum absolute atomic E-state index is 0.444. The molecule has 0 bridgehead atoms. The van der Waals surface area contributed by atoms with Crippen LogP contribution in [0.1, 0.15) is 16.1 Å². The van der Waals surface area contributed by atoms with Gasteiger partial charge in [0.1, 0.15) is 5.01 Å². The summed E-state index contributed by atoms with van der Waals surface area (Å²) in [5.41, 5.74) is 8.41. The summed E-state index contributed by atoms with van der Waals surface area (Å²) in [7, 11) is 0. The summed E-state index contributed by atoms with van der Waals surface area (Å²) in [5.74, 6) is 0.617. The number of carbonyl (C=O) groups is 1. The number of hydrogen-bond donors (Lipinski definition) is 1. The fraction of sp³-hybridized carbons (Fsp3) is 0.0526. The molecule has 2 N–H and O–H groups in total. The molecular formula is C19H13ClN4O2S2. The molecule has 0 radical (unpaired) electrons. The van der Waals surface area contributed by atoms with E-state index in [-0.39, 0.29) is 0 Å². The lowest BCUT2D eigenvalue weighted by molar-refractivity contribution is 0.100. The molecule has 4 rings (SSSR count). The number of benzene rings is 2. The van der Waals surface area contributed by atoms with Crippen LogP contribution in [-0.2, 0) is 5.75 Å². The van der Waals surface area contributed by atoms with Crippen LogP contribution >= 0.6 is 34.7 Å². The molecule has 0 saturated heterocycles. The van der Waals surface area contributed by atoms with Gasteiger partial charge in [-0.1, -0.05) is 35.5 Å². The lowest BCUT2D eigenvalue weighted by Gasteiger charge is -1.98. The average molecular weight is 429 g/mol. The number of amides is 1. The first-order chi connectivity index (χ1) is 13.6. The van der Waals surface area contributed by atoms with Gasteiger partial charge in [0.05, 0.1) is 5.69 Å². The number of primary amides is 1. The third-order valence-corrected chi connectivity index (χ3v) is 5.85. The van der Waals surface area contributed by atoms with Crippen LogP contribution < -0.4 is 5.73 Å². The van der Waals surface area contributed by atoms with Gasteiger partial charge in [0.2, 0.25) is 11.8 Å². The van der Waals surface area contributed by atoms with Crippen LogP contribution in [0.3, 0.4) is 0 Å². The number of thiazole rings is 1. The zero-order valence-corrected chi connectivity index (χ0v) is 16.7. The largest absolute Gasteiger partial charge is 0.411 e. The van der Waals surface area contributed by atoms with Gasteiger partial charge in [-0.25, -0.2) is 4.98 Å². The molecule has 0 fully saturated rings. The normalized spacial score (nSPS) is 10.9. The fourth-order valence-corrected chi connectivity index (χ4v) is 4.11. The highest BCUT2D eigenvalue weighted by molar-refractivity contribution is 7.98. The van der Waals surface area contributed by atoms with Crippen molar-refractivity contribution in [3.8, 4) is 22.0 Å². The minimum Gasteiger partial charge on any atom is -0.411 e. The standard InChI is InChI=1S/C19H13ClN4O2S2/c20-14-7-5-12(6-8-14)17-23-24-19(26-17)28-10-15-9-27-18(22-15)13-3-1-11(2-4-13)16(21)25/h1-9H,10H2,(H2,21,25). The van der Waals surface area contributed by atoms with E-state index in [1.54, 1.807) is 24.3 Å². The van der Waals surface area contributed by atoms with E-state index in [9.17, 15) is 4.79 Å². The summed E-state index contributed by atoms with van der Waals surface area (Å²) in [4.78, 5) is 15.8. The van der Waals surface area contributed by atoms with E-state index in [0.717, 1.165) is 21.8 Å². The third-order valence-electron chi connectivity index (χ3n) is 3.81. The Bertz CT molecular complexity index is 1110. The number of halogens is 1. The topological polar surface area (TPSA) is 94.9 Å². The molecule has 0 aliphatic carbocycles. The van der Waals surface area contributed by atoms with Crippen molar-refractivity contribution in [2.24, 2.45) is 5.73 Å². The predicted molar refractivity (Wildman–Crippen MR) is 110 cm³/mol. The molecule has 2 heterocycles. The molecule has 2 aromatic carbocycles. The van der Waals surface area contributed by atoms with Crippen molar-refractivity contribution in [3.63, 3.8) is 0 Å². The molecule has 9 heteroatoms. The van der Waals surface area contributed by atoms with E-state index in [2.05, 4.69) is 15.2 Å². The molecule has 0 spiro atoms. The van der Waals surface area contributed by atoms with Crippen molar-refractivity contribution in [2.45, 2.75) is 11.0 Å². The van der Waals surface area contributed by atoms with E-state index in [1.165, 1.54) is 23.1 Å². The molecule has 0 atom stereocenters. The first-order valence-electron chi connectivity index (χ1n) is 8.15. The monoisotopic (exact) mass is 428 g/mol. The van der Waals surface area contributed by atoms with Crippen molar-refractivity contribution in [2.75, 3.05) is 0 Å². The Morgan fingerprint density at radius 2 is 1.79 bits per heavy atom. The van der Waals surface area contributed by atoms with Gasteiger partial charge in [0, 0.05) is 32.8 Å². The summed E-state index contributed by atoms with van der Waals surface area (Å²) in [6.45, 7) is 0. The van der Waals surface area contributed by atoms with E-state index in [1.807, 2.05) is 29.6 Å². The molecule has 6 nitrogen and oxygen atoms in total. The molecule has 2 aromatic heterocycles. The Labute approximate surface area is 173 Å². The Hall–Kier alpha value is -2.68. The van der Waals surface area contributed by atoms with Crippen LogP contribution in [0.5, 0.6) is 0 Å². The maximum Gasteiger partial charge on any atom is 0.277 e. The molecule has 0 unspecified atom stereocenters. The van der Waals surface area contributed by atoms with Gasteiger partial charge >= 0.3 is 0 Å². The molecule has 140 valence electrons. The Morgan fingerprint density at radius 3 is 2.50 bits per heavy atom. The van der Waals surface area contributed by atoms with Crippen LogP contribution in [0.2, 0.25) is 5.02 Å². The van der Waals surface area contributed by atoms with Crippen LogP contribution in [0.4, 0.5) is 0 Å². The van der Waals surface area contributed by atoms with E-state index in [0.29, 0.717) is 27.5 Å². The highest BCUT2D eigenvalue weighted by Crippen LogP contribution is 2.29. The highest BCUT2D eigenvalue weighted by atomic mass is 35.5. The first kappa shape index (κ1) is 18.7. The zero-order valence-electron chi connectivity index (χ0n) is 14.3. The summed E-state index contributed by atoms with van der Waals surface area (Å²) in [6.07, 6.45) is 0. The molecule has 0 aliphatic rings. The molecular weight excluding hydrogens is 416 g/mol. The smallest absolute Gasteiger partial charge is 0.277 e. The predicted octanol–water partition coefficient (Wildman–Crippen LogP) is 4.90. The van der Waals surface area contributed by atoms with Crippen LogP contribution in [0, 0.1) is 0 Å². The van der Waals surface area contributed by atoms with Gasteiger partial charge in [-0.3, -0.25) is 4.79 Å². The van der Waals surface area contributed by atoms with Crippen LogP contribution in [0.15, 0.2) is 63.6 Å². The average Bonchev–Trinajstić information content (AvgIpc) is 3.37. The second kappa shape index (κ2) is 8.14. The van der Waals surface area contributed by atoms with Crippen molar-refractivity contribution < 1.29 is 9.21 Å². The van der Waals surface area contributed by atoms with Gasteiger partial charge < -0.3 is 10.2 Å². The van der Waals surface area contributed by atoms with Crippen molar-refractivity contribution in [1.29, 1.82) is 0 Å². The Morgan fingerprint density at radius 1 is 1.07 bits per heavy atom. The van der Waals surface area contributed by atoms with Crippen molar-refractivity contribution >= 4 is 40.6 Å².